The number of ether oxygens (including phenoxy) is 1. The average Bonchev–Trinajstić information content (AvgIpc) is 2.38. The van der Waals surface area contributed by atoms with Crippen LogP contribution in [0.3, 0.4) is 0 Å². The van der Waals surface area contributed by atoms with Crippen LogP contribution in [0.2, 0.25) is 0 Å². The molecule has 3 nitrogen and oxygen atoms in total. The molecular formula is C7H8F2O3. The zero-order chi connectivity index (χ0) is 8.93. The van der Waals surface area contributed by atoms with Gasteiger partial charge in [0.25, 0.3) is 0 Å². The first-order valence-corrected chi connectivity index (χ1v) is 3.77. The van der Waals surface area contributed by atoms with Crippen molar-refractivity contribution in [2.24, 2.45) is 5.92 Å². The van der Waals surface area contributed by atoms with E-state index < -0.39 is 30.0 Å². The van der Waals surface area contributed by atoms with E-state index in [9.17, 15) is 13.6 Å². The molecule has 1 N–H and O–H groups in total. The van der Waals surface area contributed by atoms with Gasteiger partial charge < -0.3 is 9.84 Å². The third-order valence-corrected chi connectivity index (χ3v) is 2.47. The predicted octanol–water partition coefficient (Wildman–Crippen LogP) is 0.318. The first-order valence-electron chi connectivity index (χ1n) is 3.77. The van der Waals surface area contributed by atoms with E-state index in [0.717, 1.165) is 0 Å². The van der Waals surface area contributed by atoms with E-state index in [4.69, 9.17) is 5.11 Å². The molecule has 2 fully saturated rings. The van der Waals surface area contributed by atoms with Crippen LogP contribution >= 0.6 is 0 Å². The average molecular weight is 178 g/mol. The Bertz CT molecular complexity index is 229. The van der Waals surface area contributed by atoms with Crippen LogP contribution in [0.4, 0.5) is 8.78 Å². The van der Waals surface area contributed by atoms with Crippen molar-refractivity contribution in [3.8, 4) is 0 Å². The minimum atomic E-state index is -3.25. The van der Waals surface area contributed by atoms with Gasteiger partial charge in [-0.1, -0.05) is 0 Å². The Morgan fingerprint density at radius 3 is 2.83 bits per heavy atom. The van der Waals surface area contributed by atoms with Gasteiger partial charge in [-0.05, 0) is 6.42 Å². The SMILES string of the molecule is O=C1CC2CC(O)C(F)(F)C2O1. The topological polar surface area (TPSA) is 46.5 Å². The van der Waals surface area contributed by atoms with Crippen LogP contribution in [-0.4, -0.2) is 29.2 Å². The first kappa shape index (κ1) is 7.91. The van der Waals surface area contributed by atoms with Crippen molar-refractivity contribution in [1.29, 1.82) is 0 Å². The molecule has 1 saturated heterocycles. The van der Waals surface area contributed by atoms with E-state index in [2.05, 4.69) is 4.74 Å². The molecule has 0 amide bonds. The van der Waals surface area contributed by atoms with Crippen molar-refractivity contribution in [2.45, 2.75) is 31.0 Å². The summed E-state index contributed by atoms with van der Waals surface area (Å²) in [5.41, 5.74) is 0. The molecular weight excluding hydrogens is 170 g/mol. The molecule has 0 aromatic heterocycles. The first-order chi connectivity index (χ1) is 5.51. The Hall–Kier alpha value is -0.710. The largest absolute Gasteiger partial charge is 0.455 e. The molecule has 1 aliphatic carbocycles. The molecule has 2 rings (SSSR count). The quantitative estimate of drug-likeness (QED) is 0.543. The second kappa shape index (κ2) is 2.16. The number of halogens is 2. The summed E-state index contributed by atoms with van der Waals surface area (Å²) in [6, 6.07) is 0. The monoisotopic (exact) mass is 178 g/mol. The molecule has 68 valence electrons. The number of aliphatic hydroxyl groups excluding tert-OH is 1. The molecule has 2 aliphatic rings. The Balaban J connectivity index is 2.23. The predicted molar refractivity (Wildman–Crippen MR) is 33.6 cm³/mol. The van der Waals surface area contributed by atoms with Crippen molar-refractivity contribution < 1.29 is 23.4 Å². The zero-order valence-corrected chi connectivity index (χ0v) is 6.17. The number of carbonyl (C=O) groups excluding carboxylic acids is 1. The summed E-state index contributed by atoms with van der Waals surface area (Å²) in [5, 5.41) is 8.91. The van der Waals surface area contributed by atoms with Crippen molar-refractivity contribution in [2.75, 3.05) is 0 Å². The molecule has 1 aliphatic heterocycles. The smallest absolute Gasteiger partial charge is 0.309 e. The summed E-state index contributed by atoms with van der Waals surface area (Å²) < 4.78 is 30.3. The summed E-state index contributed by atoms with van der Waals surface area (Å²) in [7, 11) is 0. The van der Waals surface area contributed by atoms with Crippen LogP contribution in [0.5, 0.6) is 0 Å². The number of hydrogen-bond acceptors (Lipinski definition) is 3. The molecule has 0 aromatic rings. The van der Waals surface area contributed by atoms with E-state index in [-0.39, 0.29) is 12.8 Å². The Labute approximate surface area is 67.3 Å². The summed E-state index contributed by atoms with van der Waals surface area (Å²) in [4.78, 5) is 10.6. The minimum absolute atomic E-state index is 0.0112. The lowest BCUT2D eigenvalue weighted by Crippen LogP contribution is -2.38. The van der Waals surface area contributed by atoms with Gasteiger partial charge in [0.2, 0.25) is 0 Å². The highest BCUT2D eigenvalue weighted by Crippen LogP contribution is 2.46. The molecule has 5 heteroatoms. The van der Waals surface area contributed by atoms with Crippen molar-refractivity contribution in [1.82, 2.24) is 0 Å². The van der Waals surface area contributed by atoms with Crippen molar-refractivity contribution in [3.63, 3.8) is 0 Å². The van der Waals surface area contributed by atoms with Gasteiger partial charge in [0, 0.05) is 5.92 Å². The molecule has 3 unspecified atom stereocenters. The summed E-state index contributed by atoms with van der Waals surface area (Å²) in [6.07, 6.45) is -3.07. The van der Waals surface area contributed by atoms with Crippen LogP contribution in [0.25, 0.3) is 0 Å². The lowest BCUT2D eigenvalue weighted by molar-refractivity contribution is -0.172. The Morgan fingerprint density at radius 1 is 1.58 bits per heavy atom. The van der Waals surface area contributed by atoms with Crippen LogP contribution in [0, 0.1) is 5.92 Å². The van der Waals surface area contributed by atoms with Gasteiger partial charge in [-0.3, -0.25) is 4.79 Å². The molecule has 0 aromatic carbocycles. The van der Waals surface area contributed by atoms with E-state index in [0.29, 0.717) is 0 Å². The van der Waals surface area contributed by atoms with Crippen LogP contribution < -0.4 is 0 Å². The molecule has 12 heavy (non-hydrogen) atoms. The van der Waals surface area contributed by atoms with Gasteiger partial charge in [-0.2, -0.15) is 8.78 Å². The maximum atomic E-state index is 12.9. The minimum Gasteiger partial charge on any atom is -0.455 e. The standard InChI is InChI=1S/C7H8F2O3/c8-7(9)4(10)1-3-2-5(11)12-6(3)7/h3-4,6,10H,1-2H2. The van der Waals surface area contributed by atoms with Gasteiger partial charge in [0.1, 0.15) is 6.10 Å². The number of fused-ring (bicyclic) bond motifs is 1. The van der Waals surface area contributed by atoms with Crippen LogP contribution in [0.15, 0.2) is 0 Å². The van der Waals surface area contributed by atoms with E-state index in [1.807, 2.05) is 0 Å². The lowest BCUT2D eigenvalue weighted by Gasteiger charge is -2.19. The number of esters is 1. The third-order valence-electron chi connectivity index (χ3n) is 2.47. The van der Waals surface area contributed by atoms with E-state index in [1.165, 1.54) is 0 Å². The second-order valence-corrected chi connectivity index (χ2v) is 3.30. The zero-order valence-electron chi connectivity index (χ0n) is 6.17. The van der Waals surface area contributed by atoms with Crippen molar-refractivity contribution in [3.05, 3.63) is 0 Å². The van der Waals surface area contributed by atoms with Crippen molar-refractivity contribution >= 4 is 5.97 Å². The fraction of sp³-hybridized carbons (Fsp3) is 0.857. The summed E-state index contributed by atoms with van der Waals surface area (Å²) in [6.45, 7) is 0. The van der Waals surface area contributed by atoms with E-state index >= 15 is 0 Å². The third kappa shape index (κ3) is 0.857. The molecule has 1 heterocycles. The normalized spacial score (nSPS) is 44.2. The fourth-order valence-electron chi connectivity index (χ4n) is 1.84. The highest BCUT2D eigenvalue weighted by molar-refractivity contribution is 5.72. The molecule has 3 atom stereocenters. The second-order valence-electron chi connectivity index (χ2n) is 3.30. The number of rotatable bonds is 0. The summed E-state index contributed by atoms with van der Waals surface area (Å²) in [5.74, 6) is -4.34. The lowest BCUT2D eigenvalue weighted by atomic mass is 10.0. The van der Waals surface area contributed by atoms with Gasteiger partial charge in [-0.15, -0.1) is 0 Å². The highest BCUT2D eigenvalue weighted by Gasteiger charge is 2.62. The van der Waals surface area contributed by atoms with E-state index in [1.54, 1.807) is 0 Å². The Kier molecular flexibility index (Phi) is 1.42. The number of alkyl halides is 2. The number of hydrogen-bond donors (Lipinski definition) is 1. The van der Waals surface area contributed by atoms with Gasteiger partial charge in [0.05, 0.1) is 6.42 Å². The molecule has 0 spiro atoms. The van der Waals surface area contributed by atoms with Crippen LogP contribution in [0.1, 0.15) is 12.8 Å². The maximum absolute atomic E-state index is 12.9. The number of carbonyl (C=O) groups is 1. The van der Waals surface area contributed by atoms with Gasteiger partial charge >= 0.3 is 11.9 Å². The molecule has 0 bridgehead atoms. The van der Waals surface area contributed by atoms with Gasteiger partial charge in [0.15, 0.2) is 6.10 Å². The van der Waals surface area contributed by atoms with Crippen LogP contribution in [-0.2, 0) is 9.53 Å². The number of aliphatic hydroxyl groups is 1. The molecule has 1 saturated carbocycles. The Morgan fingerprint density at radius 2 is 2.25 bits per heavy atom. The maximum Gasteiger partial charge on any atom is 0.309 e. The van der Waals surface area contributed by atoms with Gasteiger partial charge in [-0.25, -0.2) is 0 Å². The summed E-state index contributed by atoms with van der Waals surface area (Å²) >= 11 is 0. The molecule has 0 radical (unpaired) electrons. The fourth-order valence-corrected chi connectivity index (χ4v) is 1.84. The highest BCUT2D eigenvalue weighted by atomic mass is 19.3.